The summed E-state index contributed by atoms with van der Waals surface area (Å²) in [7, 11) is -2.00. The fourth-order valence-electron chi connectivity index (χ4n) is 3.81. The van der Waals surface area contributed by atoms with Gasteiger partial charge in [-0.1, -0.05) is 20.8 Å². The van der Waals surface area contributed by atoms with Gasteiger partial charge in [-0.25, -0.2) is 0 Å². The molecule has 0 amide bonds. The summed E-state index contributed by atoms with van der Waals surface area (Å²) in [6.45, 7) is 16.5. The second kappa shape index (κ2) is 8.18. The standard InChI is InChI=1S/C25H34N2O4Si/c1-16(31-32(7,8)24(2,3)4)18-11-12-27(21(28)14-18)22-19-13-17(15-26)9-10-20(19)30-25(5,6)23(22)29/h9-14,16,22-23,29H,1-8H3/t16?,22-,23+/m1/s1. The predicted molar refractivity (Wildman–Crippen MR) is 127 cm³/mol. The lowest BCUT2D eigenvalue weighted by atomic mass is 9.85. The van der Waals surface area contributed by atoms with E-state index in [0.29, 0.717) is 16.9 Å². The summed E-state index contributed by atoms with van der Waals surface area (Å²) in [6.07, 6.45) is 0.515. The van der Waals surface area contributed by atoms with Gasteiger partial charge in [-0.05, 0) is 68.7 Å². The number of hydrogen-bond donors (Lipinski definition) is 1. The lowest BCUT2D eigenvalue weighted by Crippen LogP contribution is -2.52. The number of aromatic nitrogens is 1. The molecule has 0 fully saturated rings. The Bertz CT molecular complexity index is 1110. The van der Waals surface area contributed by atoms with Crippen LogP contribution in [-0.2, 0) is 4.43 Å². The Balaban J connectivity index is 2.02. The first-order valence-corrected chi connectivity index (χ1v) is 13.9. The highest BCUT2D eigenvalue weighted by molar-refractivity contribution is 6.74. The Morgan fingerprint density at radius 1 is 1.25 bits per heavy atom. The molecule has 1 aromatic heterocycles. The van der Waals surface area contributed by atoms with Crippen molar-refractivity contribution in [3.05, 3.63) is 63.6 Å². The summed E-state index contributed by atoms with van der Waals surface area (Å²) in [5, 5.41) is 20.5. The minimum absolute atomic E-state index is 0.0657. The maximum atomic E-state index is 13.2. The number of nitriles is 1. The van der Waals surface area contributed by atoms with Crippen LogP contribution >= 0.6 is 0 Å². The number of ether oxygens (including phenoxy) is 1. The Morgan fingerprint density at radius 2 is 1.91 bits per heavy atom. The van der Waals surface area contributed by atoms with E-state index >= 15 is 0 Å². The summed E-state index contributed by atoms with van der Waals surface area (Å²) in [4.78, 5) is 13.2. The van der Waals surface area contributed by atoms with Crippen molar-refractivity contribution in [2.45, 2.75) is 83.5 Å². The largest absolute Gasteiger partial charge is 0.485 e. The van der Waals surface area contributed by atoms with Crippen LogP contribution in [0, 0.1) is 11.3 Å². The first kappa shape index (κ1) is 24.2. The van der Waals surface area contributed by atoms with E-state index < -0.39 is 26.1 Å². The van der Waals surface area contributed by atoms with Crippen LogP contribution in [-0.4, -0.2) is 29.7 Å². The molecule has 0 bridgehead atoms. The number of benzene rings is 1. The van der Waals surface area contributed by atoms with E-state index in [1.165, 1.54) is 4.57 Å². The fraction of sp³-hybridized carbons (Fsp3) is 0.520. The monoisotopic (exact) mass is 454 g/mol. The first-order valence-electron chi connectivity index (χ1n) is 11.0. The zero-order valence-corrected chi connectivity index (χ0v) is 21.3. The van der Waals surface area contributed by atoms with Crippen LogP contribution in [0.15, 0.2) is 41.3 Å². The van der Waals surface area contributed by atoms with Gasteiger partial charge in [0, 0.05) is 17.8 Å². The van der Waals surface area contributed by atoms with Gasteiger partial charge in [0.25, 0.3) is 5.56 Å². The predicted octanol–water partition coefficient (Wildman–Crippen LogP) is 4.92. The van der Waals surface area contributed by atoms with E-state index in [0.717, 1.165) is 5.56 Å². The van der Waals surface area contributed by atoms with E-state index in [2.05, 4.69) is 39.9 Å². The van der Waals surface area contributed by atoms with Crippen LogP contribution in [0.1, 0.15) is 70.4 Å². The highest BCUT2D eigenvalue weighted by atomic mass is 28.4. The third-order valence-electron chi connectivity index (χ3n) is 6.86. The number of rotatable bonds is 4. The van der Waals surface area contributed by atoms with Gasteiger partial charge in [-0.15, -0.1) is 0 Å². The minimum atomic E-state index is -2.00. The summed E-state index contributed by atoms with van der Waals surface area (Å²) in [5.41, 5.74) is 0.746. The Labute approximate surface area is 191 Å². The molecule has 3 atom stereocenters. The topological polar surface area (TPSA) is 84.5 Å². The molecular formula is C25H34N2O4Si. The van der Waals surface area contributed by atoms with Gasteiger partial charge in [0.1, 0.15) is 17.5 Å². The van der Waals surface area contributed by atoms with E-state index in [4.69, 9.17) is 9.16 Å². The molecule has 0 radical (unpaired) electrons. The zero-order chi connectivity index (χ0) is 24.1. The molecule has 7 heteroatoms. The van der Waals surface area contributed by atoms with E-state index in [9.17, 15) is 15.2 Å². The molecule has 1 N–H and O–H groups in total. The minimum Gasteiger partial charge on any atom is -0.485 e. The summed E-state index contributed by atoms with van der Waals surface area (Å²) < 4.78 is 14.0. The lowest BCUT2D eigenvalue weighted by molar-refractivity contribution is -0.0643. The molecule has 0 spiro atoms. The van der Waals surface area contributed by atoms with Crippen LogP contribution in [0.3, 0.4) is 0 Å². The molecule has 1 unspecified atom stereocenters. The van der Waals surface area contributed by atoms with Gasteiger partial charge in [-0.3, -0.25) is 4.79 Å². The maximum Gasteiger partial charge on any atom is 0.251 e. The Hall–Kier alpha value is -2.40. The van der Waals surface area contributed by atoms with Crippen molar-refractivity contribution in [2.75, 3.05) is 0 Å². The van der Waals surface area contributed by atoms with Crippen LogP contribution in [0.2, 0.25) is 18.1 Å². The number of nitrogens with zero attached hydrogens (tertiary/aromatic N) is 2. The summed E-state index contributed by atoms with van der Waals surface area (Å²) in [6, 6.07) is 10.00. The molecule has 2 heterocycles. The van der Waals surface area contributed by atoms with E-state index in [1.54, 1.807) is 44.3 Å². The van der Waals surface area contributed by atoms with E-state index in [1.807, 2.05) is 13.0 Å². The number of hydrogen-bond acceptors (Lipinski definition) is 5. The zero-order valence-electron chi connectivity index (χ0n) is 20.3. The molecule has 6 nitrogen and oxygen atoms in total. The number of pyridine rings is 1. The van der Waals surface area contributed by atoms with Gasteiger partial charge in [0.05, 0.1) is 23.8 Å². The molecule has 0 aliphatic carbocycles. The van der Waals surface area contributed by atoms with Crippen molar-refractivity contribution in [3.8, 4) is 11.8 Å². The van der Waals surface area contributed by atoms with Crippen LogP contribution in [0.4, 0.5) is 0 Å². The fourth-order valence-corrected chi connectivity index (χ4v) is 5.19. The van der Waals surface area contributed by atoms with E-state index in [-0.39, 0.29) is 16.7 Å². The summed E-state index contributed by atoms with van der Waals surface area (Å²) in [5.74, 6) is 0.565. The quantitative estimate of drug-likeness (QED) is 0.663. The third-order valence-corrected chi connectivity index (χ3v) is 11.4. The lowest BCUT2D eigenvalue weighted by Gasteiger charge is -2.42. The van der Waals surface area contributed by atoms with Crippen LogP contribution in [0.25, 0.3) is 0 Å². The Morgan fingerprint density at radius 3 is 2.47 bits per heavy atom. The van der Waals surface area contributed by atoms with Gasteiger partial charge in [0.15, 0.2) is 8.32 Å². The summed E-state index contributed by atoms with van der Waals surface area (Å²) >= 11 is 0. The molecular weight excluding hydrogens is 420 g/mol. The molecule has 3 rings (SSSR count). The SMILES string of the molecule is CC(O[Si](C)(C)C(C)(C)C)c1ccn([C@@H]2c3cc(C#N)ccc3OC(C)(C)[C@H]2O)c(=O)c1. The van der Waals surface area contributed by atoms with Gasteiger partial charge < -0.3 is 18.8 Å². The number of aliphatic hydroxyl groups excluding tert-OH is 1. The first-order chi connectivity index (χ1) is 14.7. The molecule has 0 saturated carbocycles. The third kappa shape index (κ3) is 4.40. The molecule has 1 aliphatic heterocycles. The Kier molecular flexibility index (Phi) is 6.20. The molecule has 0 saturated heterocycles. The molecule has 172 valence electrons. The highest BCUT2D eigenvalue weighted by Crippen LogP contribution is 2.42. The van der Waals surface area contributed by atoms with Crippen molar-refractivity contribution >= 4 is 8.32 Å². The normalized spacial score (nSPS) is 21.2. The number of fused-ring (bicyclic) bond motifs is 1. The second-order valence-corrected chi connectivity index (χ2v) is 15.4. The second-order valence-electron chi connectivity index (χ2n) is 10.7. The van der Waals surface area contributed by atoms with Crippen molar-refractivity contribution in [1.82, 2.24) is 4.57 Å². The van der Waals surface area contributed by atoms with Crippen LogP contribution < -0.4 is 10.3 Å². The average Bonchev–Trinajstić information content (AvgIpc) is 2.68. The van der Waals surface area contributed by atoms with Gasteiger partial charge in [0.2, 0.25) is 0 Å². The smallest absolute Gasteiger partial charge is 0.251 e. The molecule has 2 aromatic rings. The van der Waals surface area contributed by atoms with Crippen LogP contribution in [0.5, 0.6) is 5.75 Å². The van der Waals surface area contributed by atoms with Crippen molar-refractivity contribution < 1.29 is 14.3 Å². The average molecular weight is 455 g/mol. The number of aliphatic hydroxyl groups is 1. The molecule has 32 heavy (non-hydrogen) atoms. The molecule has 1 aliphatic rings. The highest BCUT2D eigenvalue weighted by Gasteiger charge is 2.44. The van der Waals surface area contributed by atoms with Gasteiger partial charge in [-0.2, -0.15) is 5.26 Å². The van der Waals surface area contributed by atoms with Crippen molar-refractivity contribution in [3.63, 3.8) is 0 Å². The van der Waals surface area contributed by atoms with Gasteiger partial charge >= 0.3 is 0 Å². The van der Waals surface area contributed by atoms with Crippen molar-refractivity contribution in [1.29, 1.82) is 5.26 Å². The maximum absolute atomic E-state index is 13.2. The molecule has 1 aromatic carbocycles. The van der Waals surface area contributed by atoms with Crippen molar-refractivity contribution in [2.24, 2.45) is 0 Å².